The van der Waals surface area contributed by atoms with Crippen molar-refractivity contribution >= 4 is 12.3 Å². The molecular formula is C10H19NO3. The van der Waals surface area contributed by atoms with Crippen molar-refractivity contribution in [2.45, 2.75) is 39.7 Å². The molecule has 0 aromatic rings. The molecule has 4 heteroatoms. The molecular weight excluding hydrogens is 182 g/mol. The number of hydrogen-bond acceptors (Lipinski definition) is 3. The van der Waals surface area contributed by atoms with Gasteiger partial charge in [0.05, 0.1) is 12.5 Å². The molecule has 0 heterocycles. The lowest BCUT2D eigenvalue weighted by atomic mass is 9.92. The molecule has 0 rings (SSSR count). The number of rotatable bonds is 6. The predicted octanol–water partition coefficient (Wildman–Crippen LogP) is 1.05. The van der Waals surface area contributed by atoms with Crippen molar-refractivity contribution in [3.05, 3.63) is 0 Å². The summed E-state index contributed by atoms with van der Waals surface area (Å²) in [7, 11) is 0. The van der Waals surface area contributed by atoms with Crippen LogP contribution in [0, 0.1) is 5.41 Å². The van der Waals surface area contributed by atoms with Crippen LogP contribution in [0.3, 0.4) is 0 Å². The summed E-state index contributed by atoms with van der Waals surface area (Å²) in [5.41, 5.74) is 0.198. The normalized spacial score (nSPS) is 13.6. The van der Waals surface area contributed by atoms with Crippen LogP contribution in [-0.2, 0) is 9.59 Å². The number of hydrogen-bond donors (Lipinski definition) is 2. The minimum absolute atomic E-state index is 0.145. The molecule has 0 aliphatic heterocycles. The van der Waals surface area contributed by atoms with Gasteiger partial charge >= 0.3 is 5.97 Å². The summed E-state index contributed by atoms with van der Waals surface area (Å²) in [6.07, 6.45) is 1.42. The Morgan fingerprint density at radius 2 is 2.07 bits per heavy atom. The first kappa shape index (κ1) is 13.1. The van der Waals surface area contributed by atoms with E-state index in [1.165, 1.54) is 0 Å². The molecule has 4 nitrogen and oxygen atoms in total. The first-order chi connectivity index (χ1) is 6.35. The maximum atomic E-state index is 10.5. The van der Waals surface area contributed by atoms with Gasteiger partial charge in [-0.3, -0.25) is 4.79 Å². The molecule has 82 valence electrons. The van der Waals surface area contributed by atoms with Gasteiger partial charge in [-0.25, -0.2) is 0 Å². The lowest BCUT2D eigenvalue weighted by Gasteiger charge is -2.19. The Labute approximate surface area is 84.7 Å². The highest BCUT2D eigenvalue weighted by molar-refractivity contribution is 5.73. The van der Waals surface area contributed by atoms with Crippen LogP contribution < -0.4 is 5.32 Å². The first-order valence-electron chi connectivity index (χ1n) is 4.75. The van der Waals surface area contributed by atoms with Gasteiger partial charge in [-0.15, -0.1) is 0 Å². The molecule has 0 aromatic carbocycles. The molecule has 1 unspecified atom stereocenters. The Hall–Kier alpha value is -0.900. The summed E-state index contributed by atoms with van der Waals surface area (Å²) >= 11 is 0. The smallest absolute Gasteiger partial charge is 0.305 e. The van der Waals surface area contributed by atoms with E-state index in [0.29, 0.717) is 12.8 Å². The Morgan fingerprint density at radius 1 is 1.50 bits per heavy atom. The van der Waals surface area contributed by atoms with Crippen molar-refractivity contribution in [3.63, 3.8) is 0 Å². The third-order valence-electron chi connectivity index (χ3n) is 1.84. The third-order valence-corrected chi connectivity index (χ3v) is 1.84. The van der Waals surface area contributed by atoms with E-state index in [2.05, 4.69) is 26.1 Å². The lowest BCUT2D eigenvalue weighted by Crippen LogP contribution is -2.34. The first-order valence-corrected chi connectivity index (χ1v) is 4.75. The minimum atomic E-state index is -0.953. The summed E-state index contributed by atoms with van der Waals surface area (Å²) in [6, 6.07) is -0.560. The number of carbonyl (C=O) groups is 2. The average Bonchev–Trinajstić information content (AvgIpc) is 1.99. The van der Waals surface area contributed by atoms with Crippen molar-refractivity contribution < 1.29 is 14.7 Å². The highest BCUT2D eigenvalue weighted by Gasteiger charge is 2.14. The molecule has 14 heavy (non-hydrogen) atoms. The Balaban J connectivity index is 3.74. The quantitative estimate of drug-likeness (QED) is 0.630. The molecule has 0 bridgehead atoms. The van der Waals surface area contributed by atoms with E-state index >= 15 is 0 Å². The van der Waals surface area contributed by atoms with Crippen LogP contribution in [-0.4, -0.2) is 29.9 Å². The molecule has 2 N–H and O–H groups in total. The molecule has 0 aliphatic carbocycles. The van der Waals surface area contributed by atoms with Crippen molar-refractivity contribution in [1.82, 2.24) is 5.32 Å². The number of carboxylic acids is 1. The second-order valence-electron chi connectivity index (χ2n) is 4.61. The second-order valence-corrected chi connectivity index (χ2v) is 4.61. The van der Waals surface area contributed by atoms with Crippen LogP contribution in [0.1, 0.15) is 33.6 Å². The van der Waals surface area contributed by atoms with Gasteiger partial charge in [0.25, 0.3) is 0 Å². The van der Waals surface area contributed by atoms with Gasteiger partial charge in [0.15, 0.2) is 0 Å². The molecule has 0 spiro atoms. The van der Waals surface area contributed by atoms with E-state index in [9.17, 15) is 9.59 Å². The van der Waals surface area contributed by atoms with Crippen LogP contribution >= 0.6 is 0 Å². The second kappa shape index (κ2) is 5.75. The highest BCUT2D eigenvalue weighted by Crippen LogP contribution is 2.17. The number of aliphatic carboxylic acids is 1. The van der Waals surface area contributed by atoms with E-state index in [1.807, 2.05) is 0 Å². The minimum Gasteiger partial charge on any atom is -0.481 e. The predicted molar refractivity (Wildman–Crippen MR) is 54.2 cm³/mol. The standard InChI is InChI=1S/C10H19NO3/c1-10(2,3)4-5-11-8(7-12)6-9(13)14/h7-8,11H,4-6H2,1-3H3,(H,13,14). The summed E-state index contributed by atoms with van der Waals surface area (Å²) in [4.78, 5) is 20.8. The maximum Gasteiger partial charge on any atom is 0.305 e. The lowest BCUT2D eigenvalue weighted by molar-refractivity contribution is -0.138. The van der Waals surface area contributed by atoms with Crippen LogP contribution in [0.4, 0.5) is 0 Å². The van der Waals surface area contributed by atoms with Crippen molar-refractivity contribution in [2.24, 2.45) is 5.41 Å². The van der Waals surface area contributed by atoms with Gasteiger partial charge < -0.3 is 15.2 Å². The summed E-state index contributed by atoms with van der Waals surface area (Å²) < 4.78 is 0. The number of carbonyl (C=O) groups excluding carboxylic acids is 1. The van der Waals surface area contributed by atoms with E-state index in [4.69, 9.17) is 5.11 Å². The van der Waals surface area contributed by atoms with Crippen LogP contribution in [0.15, 0.2) is 0 Å². The monoisotopic (exact) mass is 201 g/mol. The highest BCUT2D eigenvalue weighted by atomic mass is 16.4. The fraction of sp³-hybridized carbons (Fsp3) is 0.800. The van der Waals surface area contributed by atoms with Crippen molar-refractivity contribution in [3.8, 4) is 0 Å². The van der Waals surface area contributed by atoms with Gasteiger partial charge in [-0.2, -0.15) is 0 Å². The molecule has 0 aliphatic rings. The topological polar surface area (TPSA) is 66.4 Å². The van der Waals surface area contributed by atoms with Gasteiger partial charge in [-0.05, 0) is 18.4 Å². The van der Waals surface area contributed by atoms with Gasteiger partial charge in [0.2, 0.25) is 0 Å². The van der Waals surface area contributed by atoms with E-state index < -0.39 is 12.0 Å². The fourth-order valence-corrected chi connectivity index (χ4v) is 0.989. The fourth-order valence-electron chi connectivity index (χ4n) is 0.989. The molecule has 0 aromatic heterocycles. The van der Waals surface area contributed by atoms with Crippen LogP contribution in [0.2, 0.25) is 0 Å². The SMILES string of the molecule is CC(C)(C)CCNC(C=O)CC(=O)O. The van der Waals surface area contributed by atoms with E-state index in [0.717, 1.165) is 6.42 Å². The Bertz CT molecular complexity index is 196. The molecule has 0 saturated heterocycles. The summed E-state index contributed by atoms with van der Waals surface area (Å²) in [5, 5.41) is 11.4. The van der Waals surface area contributed by atoms with E-state index in [1.54, 1.807) is 0 Å². The largest absolute Gasteiger partial charge is 0.481 e. The number of carboxylic acid groups (broad SMARTS) is 1. The van der Waals surface area contributed by atoms with Crippen molar-refractivity contribution in [1.29, 1.82) is 0 Å². The van der Waals surface area contributed by atoms with E-state index in [-0.39, 0.29) is 11.8 Å². The molecule has 0 radical (unpaired) electrons. The maximum absolute atomic E-state index is 10.5. The molecule has 0 fully saturated rings. The zero-order valence-corrected chi connectivity index (χ0v) is 9.04. The number of aldehydes is 1. The van der Waals surface area contributed by atoms with Crippen LogP contribution in [0.5, 0.6) is 0 Å². The summed E-state index contributed by atoms with van der Waals surface area (Å²) in [6.45, 7) is 6.96. The zero-order chi connectivity index (χ0) is 11.2. The molecule has 0 amide bonds. The average molecular weight is 201 g/mol. The molecule has 0 saturated carbocycles. The zero-order valence-electron chi connectivity index (χ0n) is 9.04. The Kier molecular flexibility index (Phi) is 5.38. The Morgan fingerprint density at radius 3 is 2.43 bits per heavy atom. The van der Waals surface area contributed by atoms with Gasteiger partial charge in [-0.1, -0.05) is 20.8 Å². The van der Waals surface area contributed by atoms with Crippen molar-refractivity contribution in [2.75, 3.05) is 6.54 Å². The van der Waals surface area contributed by atoms with Gasteiger partial charge in [0, 0.05) is 0 Å². The molecule has 1 atom stereocenters. The third kappa shape index (κ3) is 7.73. The summed E-state index contributed by atoms with van der Waals surface area (Å²) in [5.74, 6) is -0.953. The number of nitrogens with one attached hydrogen (secondary N) is 1. The van der Waals surface area contributed by atoms with Crippen LogP contribution in [0.25, 0.3) is 0 Å². The van der Waals surface area contributed by atoms with Gasteiger partial charge in [0.1, 0.15) is 6.29 Å².